The van der Waals surface area contributed by atoms with Gasteiger partial charge in [0.2, 0.25) is 16.0 Å². The molecule has 2 aromatic heterocycles. The number of thiazole rings is 1. The molecule has 1 aromatic carbocycles. The fourth-order valence-electron chi connectivity index (χ4n) is 3.36. The number of anilines is 2. The molecular formula is C22H24ClFN6O4S2. The van der Waals surface area contributed by atoms with E-state index in [9.17, 15) is 13.2 Å². The highest BCUT2D eigenvalue weighted by molar-refractivity contribution is 7.92. The molecule has 0 aliphatic heterocycles. The molecule has 1 fully saturated rings. The number of ether oxygens (including phenoxy) is 1. The lowest BCUT2D eigenvalue weighted by molar-refractivity contribution is 0.168. The average molecular weight is 555 g/mol. The summed E-state index contributed by atoms with van der Waals surface area (Å²) in [7, 11) is -2.45. The van der Waals surface area contributed by atoms with Crippen LogP contribution in [0.4, 0.5) is 20.8 Å². The maximum Gasteiger partial charge on any atom is 0.407 e. The molecule has 10 nitrogen and oxygen atoms in total. The number of halogens is 2. The number of carbonyl (C=O) groups excluding carboxylic acids is 1. The molecule has 36 heavy (non-hydrogen) atoms. The van der Waals surface area contributed by atoms with Gasteiger partial charge in [0.1, 0.15) is 0 Å². The minimum absolute atomic E-state index is 0.0656. The van der Waals surface area contributed by atoms with E-state index in [4.69, 9.17) is 16.6 Å². The van der Waals surface area contributed by atoms with Crippen LogP contribution in [0.5, 0.6) is 0 Å². The van der Waals surface area contributed by atoms with Crippen molar-refractivity contribution in [1.82, 2.24) is 20.3 Å². The third kappa shape index (κ3) is 6.39. The van der Waals surface area contributed by atoms with Crippen LogP contribution >= 0.6 is 22.9 Å². The molecular weight excluding hydrogens is 531 g/mol. The van der Waals surface area contributed by atoms with Crippen LogP contribution in [0.25, 0.3) is 21.8 Å². The molecule has 3 N–H and O–H groups in total. The van der Waals surface area contributed by atoms with Crippen LogP contribution in [0.2, 0.25) is 5.02 Å². The summed E-state index contributed by atoms with van der Waals surface area (Å²) in [5, 5.41) is 6.71. The Balaban J connectivity index is 1.70. The Morgan fingerprint density at radius 1 is 1.33 bits per heavy atom. The van der Waals surface area contributed by atoms with E-state index >= 15 is 4.39 Å². The molecule has 0 saturated heterocycles. The van der Waals surface area contributed by atoms with Crippen LogP contribution in [-0.4, -0.2) is 55.4 Å². The van der Waals surface area contributed by atoms with Crippen molar-refractivity contribution >= 4 is 50.7 Å². The normalized spacial score (nSPS) is 14.2. The molecule has 0 radical (unpaired) electrons. The fraction of sp³-hybridized carbons (Fsp3) is 0.364. The van der Waals surface area contributed by atoms with Crippen LogP contribution in [0.1, 0.15) is 30.7 Å². The Bertz CT molecular complexity index is 1400. The maximum absolute atomic E-state index is 15.5. The third-order valence-electron chi connectivity index (χ3n) is 5.16. The Labute approximate surface area is 216 Å². The standard InChI is InChI=1S/C22H24ClFN6O4S2/c1-11(27-22(31)34-2)10-26-21-25-7-6-15(28-21)19-18(29-20(35-19)12-4-5-12)14-8-13(23)9-16(17(14)24)30-36(3,32)33/h6-9,11-12,30H,4-5,10H2,1-3H3,(H,27,31)(H,25,26,28)/t11-/m0/s1. The second kappa shape index (κ2) is 10.5. The molecule has 1 atom stereocenters. The molecule has 192 valence electrons. The van der Waals surface area contributed by atoms with E-state index in [1.807, 2.05) is 0 Å². The van der Waals surface area contributed by atoms with Gasteiger partial charge in [-0.3, -0.25) is 4.72 Å². The van der Waals surface area contributed by atoms with Gasteiger partial charge in [-0.25, -0.2) is 32.6 Å². The first kappa shape index (κ1) is 26.0. The van der Waals surface area contributed by atoms with Gasteiger partial charge < -0.3 is 15.4 Å². The highest BCUT2D eigenvalue weighted by atomic mass is 35.5. The summed E-state index contributed by atoms with van der Waals surface area (Å²) >= 11 is 7.63. The lowest BCUT2D eigenvalue weighted by Crippen LogP contribution is -2.37. The number of amides is 1. The SMILES string of the molecule is COC(=O)N[C@@H](C)CNc1nccc(-c2sc(C3CC3)nc2-c2cc(Cl)cc(NS(C)(=O)=O)c2F)n1. The van der Waals surface area contributed by atoms with Crippen LogP contribution in [0, 0.1) is 5.82 Å². The summed E-state index contributed by atoms with van der Waals surface area (Å²) in [5.74, 6) is -0.179. The number of sulfonamides is 1. The van der Waals surface area contributed by atoms with Gasteiger partial charge in [-0.2, -0.15) is 0 Å². The van der Waals surface area contributed by atoms with Gasteiger partial charge in [0, 0.05) is 35.3 Å². The Morgan fingerprint density at radius 3 is 2.75 bits per heavy atom. The third-order valence-corrected chi connectivity index (χ3v) is 7.21. The quantitative estimate of drug-likeness (QED) is 0.353. The number of carbonyl (C=O) groups is 1. The van der Waals surface area contributed by atoms with Crippen molar-refractivity contribution in [3.05, 3.63) is 40.2 Å². The van der Waals surface area contributed by atoms with Crippen molar-refractivity contribution < 1.29 is 22.3 Å². The van der Waals surface area contributed by atoms with E-state index in [0.717, 1.165) is 24.1 Å². The second-order valence-electron chi connectivity index (χ2n) is 8.38. The number of methoxy groups -OCH3 is 1. The molecule has 1 aliphatic carbocycles. The van der Waals surface area contributed by atoms with Crippen molar-refractivity contribution in [3.8, 4) is 21.8 Å². The largest absolute Gasteiger partial charge is 0.453 e. The minimum Gasteiger partial charge on any atom is -0.453 e. The zero-order chi connectivity index (χ0) is 26.0. The van der Waals surface area contributed by atoms with E-state index in [0.29, 0.717) is 34.7 Å². The van der Waals surface area contributed by atoms with Gasteiger partial charge in [-0.1, -0.05) is 11.6 Å². The van der Waals surface area contributed by atoms with Gasteiger partial charge in [0.15, 0.2) is 5.82 Å². The zero-order valence-electron chi connectivity index (χ0n) is 19.6. The number of hydrogen-bond acceptors (Lipinski definition) is 9. The molecule has 0 unspecified atom stereocenters. The predicted molar refractivity (Wildman–Crippen MR) is 137 cm³/mol. The van der Waals surface area contributed by atoms with Gasteiger partial charge >= 0.3 is 6.09 Å². The summed E-state index contributed by atoms with van der Waals surface area (Å²) in [5.41, 5.74) is 0.640. The molecule has 1 saturated carbocycles. The number of aromatic nitrogens is 3. The molecule has 1 amide bonds. The maximum atomic E-state index is 15.5. The smallest absolute Gasteiger partial charge is 0.407 e. The Hall–Kier alpha value is -3.03. The monoisotopic (exact) mass is 554 g/mol. The van der Waals surface area contributed by atoms with Crippen LogP contribution in [0.15, 0.2) is 24.4 Å². The van der Waals surface area contributed by atoms with Crippen molar-refractivity contribution in [3.63, 3.8) is 0 Å². The van der Waals surface area contributed by atoms with E-state index in [2.05, 4.69) is 30.1 Å². The number of rotatable bonds is 9. The molecule has 3 aromatic rings. The number of benzene rings is 1. The van der Waals surface area contributed by atoms with Crippen molar-refractivity contribution in [2.75, 3.05) is 29.9 Å². The topological polar surface area (TPSA) is 135 Å². The summed E-state index contributed by atoms with van der Waals surface area (Å²) in [6.07, 6.45) is 3.94. The summed E-state index contributed by atoms with van der Waals surface area (Å²) in [4.78, 5) is 25.5. The number of nitrogens with one attached hydrogen (secondary N) is 3. The molecule has 0 bridgehead atoms. The first-order chi connectivity index (χ1) is 17.0. The van der Waals surface area contributed by atoms with Crippen LogP contribution in [-0.2, 0) is 14.8 Å². The first-order valence-electron chi connectivity index (χ1n) is 10.9. The zero-order valence-corrected chi connectivity index (χ0v) is 22.0. The lowest BCUT2D eigenvalue weighted by atomic mass is 10.1. The van der Waals surface area contributed by atoms with Gasteiger partial charge in [0.25, 0.3) is 0 Å². The highest BCUT2D eigenvalue weighted by Gasteiger charge is 2.30. The molecule has 2 heterocycles. The number of hydrogen-bond donors (Lipinski definition) is 3. The predicted octanol–water partition coefficient (Wildman–Crippen LogP) is 4.46. The Morgan fingerprint density at radius 2 is 2.08 bits per heavy atom. The number of nitrogens with zero attached hydrogens (tertiary/aromatic N) is 3. The fourth-order valence-corrected chi connectivity index (χ4v) is 5.34. The minimum atomic E-state index is -3.73. The van der Waals surface area contributed by atoms with Gasteiger partial charge in [-0.15, -0.1) is 11.3 Å². The number of alkyl carbamates (subject to hydrolysis) is 1. The van der Waals surface area contributed by atoms with Crippen molar-refractivity contribution in [2.45, 2.75) is 31.7 Å². The molecule has 1 aliphatic rings. The van der Waals surface area contributed by atoms with Gasteiger partial charge in [-0.05, 0) is 38.0 Å². The second-order valence-corrected chi connectivity index (χ2v) is 11.6. The Kier molecular flexibility index (Phi) is 7.62. The average Bonchev–Trinajstić information content (AvgIpc) is 3.57. The molecule has 4 rings (SSSR count). The van der Waals surface area contributed by atoms with E-state index in [-0.39, 0.29) is 22.3 Å². The van der Waals surface area contributed by atoms with Crippen molar-refractivity contribution in [1.29, 1.82) is 0 Å². The van der Waals surface area contributed by atoms with Crippen LogP contribution < -0.4 is 15.4 Å². The van der Waals surface area contributed by atoms with Gasteiger partial charge in [0.05, 0.1) is 40.3 Å². The van der Waals surface area contributed by atoms with E-state index in [1.165, 1.54) is 30.6 Å². The van der Waals surface area contributed by atoms with Crippen molar-refractivity contribution in [2.24, 2.45) is 0 Å². The van der Waals surface area contributed by atoms with Crippen LogP contribution in [0.3, 0.4) is 0 Å². The first-order valence-corrected chi connectivity index (χ1v) is 14.0. The molecule has 14 heteroatoms. The highest BCUT2D eigenvalue weighted by Crippen LogP contribution is 2.47. The summed E-state index contributed by atoms with van der Waals surface area (Å²) in [6, 6.07) is 4.06. The van der Waals surface area contributed by atoms with E-state index < -0.39 is 21.9 Å². The molecule has 0 spiro atoms. The summed E-state index contributed by atoms with van der Waals surface area (Å²) < 4.78 is 45.7. The lowest BCUT2D eigenvalue weighted by Gasteiger charge is -2.14. The summed E-state index contributed by atoms with van der Waals surface area (Å²) in [6.45, 7) is 2.13. The van der Waals surface area contributed by atoms with E-state index in [1.54, 1.807) is 19.2 Å².